The number of anilines is 1. The molecule has 206 valence electrons. The summed E-state index contributed by atoms with van der Waals surface area (Å²) in [6, 6.07) is 8.16. The summed E-state index contributed by atoms with van der Waals surface area (Å²) in [6.07, 6.45) is 8.51. The summed E-state index contributed by atoms with van der Waals surface area (Å²) in [4.78, 5) is 8.55. The lowest BCUT2D eigenvalue weighted by molar-refractivity contribution is 0.0389. The second-order valence-corrected chi connectivity index (χ2v) is 11.2. The minimum Gasteiger partial charge on any atom is -0.379 e. The fourth-order valence-electron chi connectivity index (χ4n) is 3.34. The number of ether oxygens (including phenoxy) is 2. The van der Waals surface area contributed by atoms with Gasteiger partial charge >= 0.3 is 0 Å². The van der Waals surface area contributed by atoms with Gasteiger partial charge in [-0.25, -0.2) is 4.99 Å². The van der Waals surface area contributed by atoms with Crippen molar-refractivity contribution in [3.8, 4) is 0 Å². The number of allylic oxidation sites excluding steroid dienone is 5. The van der Waals surface area contributed by atoms with Crippen molar-refractivity contribution in [3.05, 3.63) is 61.4 Å². The molecule has 0 saturated carbocycles. The van der Waals surface area contributed by atoms with Crippen molar-refractivity contribution in [2.24, 2.45) is 10.7 Å². The molecule has 0 spiro atoms. The van der Waals surface area contributed by atoms with E-state index in [0.717, 1.165) is 93.7 Å². The molecule has 0 aromatic heterocycles. The van der Waals surface area contributed by atoms with Crippen molar-refractivity contribution >= 4 is 85.6 Å². The van der Waals surface area contributed by atoms with E-state index in [9.17, 15) is 0 Å². The van der Waals surface area contributed by atoms with Crippen molar-refractivity contribution < 1.29 is 9.47 Å². The lowest BCUT2D eigenvalue weighted by atomic mass is 10.3. The first-order valence-electron chi connectivity index (χ1n) is 12.3. The molecule has 0 atom stereocenters. The Balaban J connectivity index is 0.000000224. The molecule has 8 nitrogen and oxygen atoms in total. The highest BCUT2D eigenvalue weighted by molar-refractivity contribution is 14.1. The van der Waals surface area contributed by atoms with Crippen LogP contribution >= 0.6 is 69.6 Å². The normalized spacial score (nSPS) is 17.1. The summed E-state index contributed by atoms with van der Waals surface area (Å²) in [5, 5.41) is 9.44. The lowest BCUT2D eigenvalue weighted by Crippen LogP contribution is -2.42. The van der Waals surface area contributed by atoms with E-state index in [0.29, 0.717) is 5.11 Å². The first-order chi connectivity index (χ1) is 18.5. The fourth-order valence-corrected chi connectivity index (χ4v) is 4.35. The van der Waals surface area contributed by atoms with E-state index < -0.39 is 0 Å². The summed E-state index contributed by atoms with van der Waals surface area (Å²) in [5.74, 6) is 0. The Bertz CT molecular complexity index is 952. The molecule has 0 bridgehead atoms. The zero-order valence-electron chi connectivity index (χ0n) is 21.3. The van der Waals surface area contributed by atoms with Crippen LogP contribution in [0.3, 0.4) is 0 Å². The van der Waals surface area contributed by atoms with E-state index >= 15 is 0 Å². The summed E-state index contributed by atoms with van der Waals surface area (Å²) in [5.41, 5.74) is 7.18. The number of nitrogens with zero attached hydrogens (tertiary/aromatic N) is 3. The topological polar surface area (TPSA) is 87.4 Å². The van der Waals surface area contributed by atoms with E-state index in [-0.39, 0.29) is 0 Å². The van der Waals surface area contributed by atoms with Crippen molar-refractivity contribution in [2.45, 2.75) is 0 Å². The average molecular weight is 782 g/mol. The molecule has 2 fully saturated rings. The van der Waals surface area contributed by atoms with Crippen LogP contribution in [0.1, 0.15) is 0 Å². The Morgan fingerprint density at radius 3 is 2.13 bits per heavy atom. The van der Waals surface area contributed by atoms with E-state index in [1.165, 1.54) is 3.57 Å². The molecule has 0 radical (unpaired) electrons. The smallest absolute Gasteiger partial charge is 0.175 e. The molecule has 4 rings (SSSR count). The molecular weight excluding hydrogens is 746 g/mol. The van der Waals surface area contributed by atoms with E-state index in [1.54, 1.807) is 6.08 Å². The number of isothiocyanates is 1. The summed E-state index contributed by atoms with van der Waals surface area (Å²) >= 11 is 14.2. The number of halogens is 2. The lowest BCUT2D eigenvalue weighted by Gasteiger charge is -2.26. The number of thiocarbonyl (C=S) groups is 2. The van der Waals surface area contributed by atoms with Crippen LogP contribution in [0.15, 0.2) is 56.8 Å². The molecule has 1 aromatic carbocycles. The number of rotatable bonds is 7. The van der Waals surface area contributed by atoms with Crippen LogP contribution in [0, 0.1) is 9.65 Å². The van der Waals surface area contributed by atoms with E-state index in [2.05, 4.69) is 106 Å². The number of aliphatic imine (C=N–C) groups is 1. The molecule has 2 aliphatic heterocycles. The highest BCUT2D eigenvalue weighted by Crippen LogP contribution is 2.12. The Kier molecular flexibility index (Phi) is 18.1. The van der Waals surface area contributed by atoms with Gasteiger partial charge in [0.1, 0.15) is 11.8 Å². The van der Waals surface area contributed by atoms with Crippen LogP contribution < -0.4 is 16.4 Å². The van der Waals surface area contributed by atoms with Crippen molar-refractivity contribution in [2.75, 3.05) is 84.1 Å². The zero-order valence-corrected chi connectivity index (χ0v) is 27.3. The van der Waals surface area contributed by atoms with Crippen LogP contribution in [0.2, 0.25) is 0 Å². The predicted octanol–water partition coefficient (Wildman–Crippen LogP) is 3.85. The van der Waals surface area contributed by atoms with Crippen LogP contribution in [-0.4, -0.2) is 98.9 Å². The third-order valence-electron chi connectivity index (χ3n) is 5.41. The van der Waals surface area contributed by atoms with Crippen LogP contribution in [-0.2, 0) is 9.47 Å². The molecule has 0 amide bonds. The molecule has 1 aromatic rings. The summed E-state index contributed by atoms with van der Waals surface area (Å²) < 4.78 is 12.8. The van der Waals surface area contributed by atoms with Gasteiger partial charge < -0.3 is 25.8 Å². The van der Waals surface area contributed by atoms with Gasteiger partial charge in [0.05, 0.1) is 56.4 Å². The summed E-state index contributed by atoms with van der Waals surface area (Å²) in [6.45, 7) is 11.0. The number of morpholine rings is 2. The average Bonchev–Trinajstić information content (AvgIpc) is 2.94. The number of benzene rings is 1. The first kappa shape index (κ1) is 33.1. The first-order valence-corrected chi connectivity index (χ1v) is 15.3. The summed E-state index contributed by atoms with van der Waals surface area (Å²) in [7, 11) is 0. The number of nitrogens with one attached hydrogen (secondary N) is 2. The largest absolute Gasteiger partial charge is 0.379 e. The zero-order chi connectivity index (χ0) is 27.4. The van der Waals surface area contributed by atoms with Gasteiger partial charge in [0.25, 0.3) is 0 Å². The minimum absolute atomic E-state index is 0.675. The molecule has 4 N–H and O–H groups in total. The van der Waals surface area contributed by atoms with E-state index in [1.807, 2.05) is 24.3 Å². The van der Waals surface area contributed by atoms with Gasteiger partial charge in [-0.2, -0.15) is 0 Å². The van der Waals surface area contributed by atoms with Gasteiger partial charge in [0.2, 0.25) is 0 Å². The molecule has 12 heteroatoms. The maximum absolute atomic E-state index is 5.39. The van der Waals surface area contributed by atoms with Gasteiger partial charge in [-0.05, 0) is 71.3 Å². The number of hydrogen-bond donors (Lipinski definition) is 3. The van der Waals surface area contributed by atoms with Crippen molar-refractivity contribution in [1.29, 1.82) is 0 Å². The van der Waals surface area contributed by atoms with Gasteiger partial charge in [-0.1, -0.05) is 0 Å². The second kappa shape index (κ2) is 20.8. The van der Waals surface area contributed by atoms with Crippen LogP contribution in [0.4, 0.5) is 5.69 Å². The Morgan fingerprint density at radius 2 is 1.61 bits per heavy atom. The number of hydrogen-bond acceptors (Lipinski definition) is 8. The van der Waals surface area contributed by atoms with Gasteiger partial charge in [-0.3, -0.25) is 9.80 Å². The standard InChI is InChI=1S/C13H18IN3OS.C7H12N2OS.C6H5IN/c14-11-1-3-12(4-2-11)16-13(19)15-5-6-17-7-9-18-10-8-17;11-7-8-1-2-9-3-5-10-6-4-9;7-5-1-3-6(8)4-2-5/h1-4H,5-10H2,(H2,15,16,19);1-6H2;1,3-4H,8H2/q;;+1. The predicted molar refractivity (Wildman–Crippen MR) is 180 cm³/mol. The third-order valence-corrected chi connectivity index (χ3v) is 7.18. The van der Waals surface area contributed by atoms with Crippen LogP contribution in [0.25, 0.3) is 0 Å². The Morgan fingerprint density at radius 1 is 1.00 bits per heavy atom. The Hall–Kier alpha value is -1.06. The third kappa shape index (κ3) is 16.1. The SMILES string of the molecule is NC1=C[C+]=C(I)C=C1.S=C(NCCN1CCOCC1)Nc1ccc(I)cc1.S=C=NCCN1CCOCC1. The van der Waals surface area contributed by atoms with E-state index in [4.69, 9.17) is 27.4 Å². The Labute approximate surface area is 264 Å². The maximum atomic E-state index is 5.39. The maximum Gasteiger partial charge on any atom is 0.175 e. The fraction of sp³-hybridized carbons (Fsp3) is 0.462. The van der Waals surface area contributed by atoms with Crippen LogP contribution in [0.5, 0.6) is 0 Å². The molecular formula is C26H35I2N6O2S2+. The monoisotopic (exact) mass is 781 g/mol. The van der Waals surface area contributed by atoms with Crippen molar-refractivity contribution in [1.82, 2.24) is 15.1 Å². The van der Waals surface area contributed by atoms with Gasteiger partial charge in [0, 0.05) is 77.7 Å². The highest BCUT2D eigenvalue weighted by Gasteiger charge is 2.10. The molecule has 38 heavy (non-hydrogen) atoms. The van der Waals surface area contributed by atoms with Gasteiger partial charge in [-0.15, -0.1) is 0 Å². The molecule has 3 aliphatic rings. The minimum atomic E-state index is 0.675. The quantitative estimate of drug-likeness (QED) is 0.166. The number of nitrogens with two attached hydrogens (primary N) is 1. The van der Waals surface area contributed by atoms with Gasteiger partial charge in [0.15, 0.2) is 8.69 Å². The molecule has 2 saturated heterocycles. The molecule has 1 aliphatic carbocycles. The highest BCUT2D eigenvalue weighted by atomic mass is 127. The second-order valence-electron chi connectivity index (χ2n) is 8.24. The molecule has 0 unspecified atom stereocenters. The van der Waals surface area contributed by atoms with Crippen molar-refractivity contribution in [3.63, 3.8) is 0 Å². The molecule has 2 heterocycles.